The number of aromatic amines is 3. The lowest BCUT2D eigenvalue weighted by Crippen LogP contribution is -2.61. The number of fused-ring (bicyclic) bond motifs is 3. The van der Waals surface area contributed by atoms with Crippen molar-refractivity contribution in [2.24, 2.45) is 23.1 Å². The molecule has 0 saturated carbocycles. The third-order valence-corrected chi connectivity index (χ3v) is 24.5. The number of rotatable bonds is 27. The van der Waals surface area contributed by atoms with E-state index in [1.165, 1.54) is 54.7 Å². The summed E-state index contributed by atoms with van der Waals surface area (Å²) in [5.41, 5.74) is 20.0. The number of hydrogen-bond donors (Lipinski definition) is 19. The molecule has 17 amide bonds. The van der Waals surface area contributed by atoms with Gasteiger partial charge in [-0.15, -0.1) is 11.8 Å². The number of imidazole rings is 1. The fraction of sp³-hybridized carbons (Fsp3) is 0.522. The summed E-state index contributed by atoms with van der Waals surface area (Å²) in [7, 11) is 6.67. The maximum atomic E-state index is 15.7. The lowest BCUT2D eigenvalue weighted by molar-refractivity contribution is -0.149. The van der Waals surface area contributed by atoms with Gasteiger partial charge in [-0.1, -0.05) is 102 Å². The van der Waals surface area contributed by atoms with E-state index in [0.717, 1.165) is 36.3 Å². The van der Waals surface area contributed by atoms with Gasteiger partial charge in [0.2, 0.25) is 100 Å². The number of ether oxygens (including phenoxy) is 1. The van der Waals surface area contributed by atoms with Gasteiger partial charge in [0.25, 0.3) is 0 Å². The molecular formula is C90H128N24O19S. The van der Waals surface area contributed by atoms with Gasteiger partial charge in [-0.25, -0.2) is 4.98 Å². The molecule has 5 heterocycles. The lowest BCUT2D eigenvalue weighted by Gasteiger charge is -2.36. The van der Waals surface area contributed by atoms with Crippen LogP contribution in [0.15, 0.2) is 97.7 Å². The molecule has 0 spiro atoms. The summed E-state index contributed by atoms with van der Waals surface area (Å²) < 4.78 is 5.35. The van der Waals surface area contributed by atoms with E-state index in [1.54, 1.807) is 99.0 Å². The van der Waals surface area contributed by atoms with Crippen molar-refractivity contribution in [3.8, 4) is 5.75 Å². The highest BCUT2D eigenvalue weighted by atomic mass is 32.2. The molecule has 0 bridgehead atoms. The first-order valence-electron chi connectivity index (χ1n) is 44.7. The van der Waals surface area contributed by atoms with Gasteiger partial charge in [-0.2, -0.15) is 0 Å². The number of nitrogens with zero attached hydrogens (tertiary/aromatic N) is 6. The summed E-state index contributed by atoms with van der Waals surface area (Å²) >= 11 is 0.783. The number of hydrogen-bond acceptors (Lipinski definition) is 22. The van der Waals surface area contributed by atoms with E-state index in [0.29, 0.717) is 75.6 Å². The molecule has 134 heavy (non-hydrogen) atoms. The normalized spacial score (nSPS) is 23.3. The van der Waals surface area contributed by atoms with Gasteiger partial charge in [0, 0.05) is 119 Å². The minimum absolute atomic E-state index is 0.00282. The van der Waals surface area contributed by atoms with Crippen LogP contribution in [-0.4, -0.2) is 314 Å². The van der Waals surface area contributed by atoms with Crippen LogP contribution < -0.4 is 80.4 Å². The summed E-state index contributed by atoms with van der Waals surface area (Å²) in [5.74, 6) is -16.9. The monoisotopic (exact) mass is 1880 g/mol. The van der Waals surface area contributed by atoms with Crippen LogP contribution >= 0.6 is 11.8 Å². The summed E-state index contributed by atoms with van der Waals surface area (Å²) in [4.78, 5) is 268. The molecule has 728 valence electrons. The van der Waals surface area contributed by atoms with Gasteiger partial charge in [-0.05, 0) is 98.7 Å². The zero-order valence-corrected chi connectivity index (χ0v) is 78.0. The molecule has 8 rings (SSSR count). The van der Waals surface area contributed by atoms with E-state index in [-0.39, 0.29) is 89.6 Å². The second kappa shape index (κ2) is 51.4. The Bertz CT molecular complexity index is 5130. The fourth-order valence-electron chi connectivity index (χ4n) is 15.9. The average Bonchev–Trinajstić information content (AvgIpc) is 1.75. The van der Waals surface area contributed by atoms with Crippen molar-refractivity contribution < 1.29 is 91.4 Å². The van der Waals surface area contributed by atoms with Crippen LogP contribution in [-0.2, 0) is 107 Å². The molecule has 44 heteroatoms. The highest BCUT2D eigenvalue weighted by Crippen LogP contribution is 2.27. The highest BCUT2D eigenvalue weighted by Gasteiger charge is 2.44. The zero-order chi connectivity index (χ0) is 98.2. The van der Waals surface area contributed by atoms with E-state index in [1.807, 2.05) is 13.8 Å². The number of thioether (sulfide) groups is 1. The lowest BCUT2D eigenvalue weighted by atomic mass is 10.00. The molecule has 3 aromatic heterocycles. The first kappa shape index (κ1) is 106. The molecule has 6 aromatic rings. The summed E-state index contributed by atoms with van der Waals surface area (Å²) in [6, 6.07) is 0.751. The molecule has 2 aliphatic rings. The number of guanidine groups is 1. The van der Waals surface area contributed by atoms with Crippen molar-refractivity contribution in [2.45, 2.75) is 216 Å². The van der Waals surface area contributed by atoms with Crippen LogP contribution in [0.2, 0.25) is 0 Å². The minimum atomic E-state index is -1.85. The smallest absolute Gasteiger partial charge is 0.246 e. The van der Waals surface area contributed by atoms with Crippen molar-refractivity contribution in [2.75, 3.05) is 79.6 Å². The van der Waals surface area contributed by atoms with E-state index < -0.39 is 223 Å². The molecule has 0 radical (unpaired) electrons. The van der Waals surface area contributed by atoms with Crippen LogP contribution in [0.1, 0.15) is 134 Å². The van der Waals surface area contributed by atoms with E-state index in [4.69, 9.17) is 27.3 Å². The second-order valence-corrected chi connectivity index (χ2v) is 35.0. The number of carbonyl (C=O) groups is 17. The number of nitrogens with two attached hydrogens (primary N) is 3. The van der Waals surface area contributed by atoms with Crippen molar-refractivity contribution >= 4 is 140 Å². The Morgan fingerprint density at radius 3 is 1.69 bits per heavy atom. The van der Waals surface area contributed by atoms with E-state index >= 15 is 24.0 Å². The van der Waals surface area contributed by atoms with E-state index in [9.17, 15) is 62.6 Å². The summed E-state index contributed by atoms with van der Waals surface area (Å²) in [6.07, 6.45) is 5.87. The molecule has 2 fully saturated rings. The summed E-state index contributed by atoms with van der Waals surface area (Å²) in [5, 5.41) is 49.4. The number of methoxy groups -OCH3 is 1. The van der Waals surface area contributed by atoms with E-state index in [2.05, 4.69) is 78.4 Å². The number of aromatic nitrogens is 4. The standard InChI is InChI=1S/C90H128N24O19S/c1-11-13-26-70-83(126)103-61(25-19-33-96-90(93)94)79(122)109-69(78(121)99-44-74(92)117)47-134-48-76(119)102-65(36-52-29-31-56(133-10)32-30-52)86(129)111(7)51(5)77(120)105-67(40-73(91)116)88(131)114-34-20-28-71(114)84(127)104-63(39-55-43-95-49-100-55)81(124)106-64(35-50(3)4)85(128)110(6)45-75(118)101-62(37-53-41-97-59-23-17-15-21-57(53)59)80(123)108-68(46-115)82(125)107-66(38-54-42-98-60-24-18-16-22-58(54)60)87(130)113(9)72(27-14-12-2)89(132)112(70)8/h15-18,21-24,29-32,41-43,49-51,61-72,97-98,115H,11-14,19-20,25-28,33-40,44-48H2,1-10H3,(H2,91,116)(H2,92,117)(H,95,100)(H,99,121)(H,101,118)(H,102,119)(H,103,126)(H,104,127)(H,105,120)(H,106,124)(H,107,125)(H,108,123)(H,109,122)(H4,93,94,96)/t51-,61-,62-,63-,64-,65-,66-,67-,68-,69-,70-,71-,72-/m0/s1. The molecule has 3 aromatic carbocycles. The molecule has 2 saturated heterocycles. The number of carbonyl (C=O) groups excluding carboxylic acids is 17. The van der Waals surface area contributed by atoms with Crippen LogP contribution in [0.3, 0.4) is 0 Å². The Balaban J connectivity index is 1.19. The maximum Gasteiger partial charge on any atom is 0.246 e. The number of likely N-dealkylation sites (N-methyl/N-ethyl adjacent to an activating group) is 4. The Kier molecular flexibility index (Phi) is 40.5. The predicted molar refractivity (Wildman–Crippen MR) is 496 cm³/mol. The van der Waals surface area contributed by atoms with Crippen molar-refractivity contribution in [3.63, 3.8) is 0 Å². The number of para-hydroxylation sites is 2. The van der Waals surface area contributed by atoms with Gasteiger partial charge in [0.1, 0.15) is 84.3 Å². The second-order valence-electron chi connectivity index (χ2n) is 34.0. The quantitative estimate of drug-likeness (QED) is 0.0149. The third kappa shape index (κ3) is 30.4. The SMILES string of the molecule is CCCC[C@H]1C(=O)N(C)[C@@H](CCCC)C(=O)N[C@@H](CCCNC(=N)N)C(=O)N[C@H](C(=O)NCC(N)=O)CSCC(=O)N[C@@H](Cc2ccc(OC)cc2)C(=O)N(C)[C@@H](C)C(=O)N[C@@H](CC(N)=O)C(=O)N2CCC[C@H]2C(=O)N[C@@H](Cc2cnc[nH]2)C(=O)N[C@@H](CC(C)C)C(=O)N(C)CC(=O)N[C@@H](Cc2c[nH]c3ccccc23)C(=O)N[C@@H](CO)C(=O)N[C@@H](Cc2c[nH]c3ccccc23)C(=O)N1C. The number of aliphatic hydroxyl groups excluding tert-OH is 1. The average molecular weight is 1880 g/mol. The number of nitrogens with one attached hydrogen (secondary N) is 15. The molecule has 13 atom stereocenters. The summed E-state index contributed by atoms with van der Waals surface area (Å²) in [6.45, 7) is 5.88. The maximum absolute atomic E-state index is 15.7. The van der Waals surface area contributed by atoms with Gasteiger partial charge >= 0.3 is 0 Å². The molecule has 0 aliphatic carbocycles. The Morgan fingerprint density at radius 1 is 0.560 bits per heavy atom. The van der Waals surface area contributed by atoms with Crippen LogP contribution in [0.5, 0.6) is 5.75 Å². The van der Waals surface area contributed by atoms with Crippen molar-refractivity contribution in [3.05, 3.63) is 120 Å². The topological polar surface area (TPSA) is 630 Å². The van der Waals surface area contributed by atoms with Crippen LogP contribution in [0.4, 0.5) is 0 Å². The van der Waals surface area contributed by atoms with Crippen LogP contribution in [0, 0.1) is 11.3 Å². The number of amides is 17. The first-order chi connectivity index (χ1) is 63.8. The minimum Gasteiger partial charge on any atom is -0.497 e. The van der Waals surface area contributed by atoms with Gasteiger partial charge in [-0.3, -0.25) is 86.9 Å². The van der Waals surface area contributed by atoms with Crippen molar-refractivity contribution in [1.82, 2.24) is 103 Å². The largest absolute Gasteiger partial charge is 0.497 e. The zero-order valence-electron chi connectivity index (χ0n) is 77.2. The molecule has 0 unspecified atom stereocenters. The van der Waals surface area contributed by atoms with Gasteiger partial charge in [0.15, 0.2) is 5.96 Å². The van der Waals surface area contributed by atoms with Crippen LogP contribution in [0.25, 0.3) is 21.8 Å². The highest BCUT2D eigenvalue weighted by molar-refractivity contribution is 8.00. The third-order valence-electron chi connectivity index (χ3n) is 23.5. The molecule has 2 aliphatic heterocycles. The molecule has 43 nitrogen and oxygen atoms in total. The van der Waals surface area contributed by atoms with Crippen molar-refractivity contribution in [1.29, 1.82) is 5.41 Å². The molecular weight excluding hydrogens is 1750 g/mol. The van der Waals surface area contributed by atoms with Gasteiger partial charge in [0.05, 0.1) is 45.3 Å². The number of primary amides is 2. The van der Waals surface area contributed by atoms with Gasteiger partial charge < -0.3 is 125 Å². The fourth-order valence-corrected chi connectivity index (χ4v) is 16.8. The number of benzene rings is 3. The predicted octanol–water partition coefficient (Wildman–Crippen LogP) is -2.13. The Labute approximate surface area is 780 Å². The number of aliphatic hydroxyl groups is 1. The number of H-pyrrole nitrogens is 3. The first-order valence-corrected chi connectivity index (χ1v) is 45.9. The number of unbranched alkanes of at least 4 members (excludes halogenated alkanes) is 2. The Hall–Kier alpha value is -13.7. The molecule has 22 N–H and O–H groups in total. The Morgan fingerprint density at radius 2 is 1.10 bits per heavy atom.